The lowest BCUT2D eigenvalue weighted by molar-refractivity contribution is 0.0785. The van der Waals surface area contributed by atoms with Gasteiger partial charge in [-0.05, 0) is 69.1 Å². The van der Waals surface area contributed by atoms with Gasteiger partial charge in [0.15, 0.2) is 0 Å². The Morgan fingerprint density at radius 1 is 1.12 bits per heavy atom. The van der Waals surface area contributed by atoms with Gasteiger partial charge in [0.25, 0.3) is 0 Å². The topological polar surface area (TPSA) is 50.5 Å². The van der Waals surface area contributed by atoms with E-state index in [9.17, 15) is 0 Å². The van der Waals surface area contributed by atoms with Crippen LogP contribution in [0.3, 0.4) is 0 Å². The lowest BCUT2D eigenvalue weighted by Crippen LogP contribution is -2.46. The monoisotopic (exact) mass is 331 g/mol. The maximum atomic E-state index is 6.11. The summed E-state index contributed by atoms with van der Waals surface area (Å²) in [5.74, 6) is 0.787. The highest BCUT2D eigenvalue weighted by atomic mass is 16.5. The fraction of sp³-hybridized carbons (Fsp3) is 0.700. The zero-order chi connectivity index (χ0) is 16.9. The van der Waals surface area contributed by atoms with E-state index in [1.165, 1.54) is 57.2 Å². The van der Waals surface area contributed by atoms with E-state index in [1.807, 2.05) is 13.2 Å². The molecule has 0 unspecified atom stereocenters. The molecule has 1 aromatic rings. The van der Waals surface area contributed by atoms with Crippen LogP contribution in [0.1, 0.15) is 44.1 Å². The number of anilines is 2. The van der Waals surface area contributed by atoms with E-state index in [-0.39, 0.29) is 0 Å². The lowest BCUT2D eigenvalue weighted by atomic mass is 9.85. The first-order chi connectivity index (χ1) is 11.7. The Morgan fingerprint density at radius 2 is 1.83 bits per heavy atom. The number of nitrogens with one attached hydrogen (secondary N) is 1. The molecular weight excluding hydrogens is 298 g/mol. The third kappa shape index (κ3) is 4.42. The summed E-state index contributed by atoms with van der Waals surface area (Å²) in [6, 6.07) is 7.59. The van der Waals surface area contributed by atoms with Crippen LogP contribution < -0.4 is 11.1 Å². The van der Waals surface area contributed by atoms with Crippen LogP contribution in [0.2, 0.25) is 0 Å². The predicted octanol–water partition coefficient (Wildman–Crippen LogP) is 3.66. The molecule has 1 aliphatic carbocycles. The standard InChI is InChI=1S/C20H33N3O/c1-15-3-8-19(21)20(13-15)22-17-9-11-23(12-10-17)18-6-4-16(5-7-18)14-24-2/h3,8,13,16-18,22H,4-7,9-12,14,21H2,1-2H3. The number of methoxy groups -OCH3 is 1. The molecule has 1 saturated heterocycles. The van der Waals surface area contributed by atoms with Gasteiger partial charge < -0.3 is 20.7 Å². The van der Waals surface area contributed by atoms with E-state index in [2.05, 4.69) is 29.3 Å². The Morgan fingerprint density at radius 3 is 2.50 bits per heavy atom. The van der Waals surface area contributed by atoms with Crippen LogP contribution in [-0.2, 0) is 4.74 Å². The molecule has 0 atom stereocenters. The molecule has 2 aliphatic rings. The molecule has 0 amide bonds. The molecule has 0 spiro atoms. The average molecular weight is 332 g/mol. The summed E-state index contributed by atoms with van der Waals surface area (Å²) in [5, 5.41) is 3.67. The fourth-order valence-corrected chi connectivity index (χ4v) is 4.34. The van der Waals surface area contributed by atoms with Crippen molar-refractivity contribution in [2.45, 2.75) is 57.5 Å². The number of hydrogen-bond acceptors (Lipinski definition) is 4. The number of likely N-dealkylation sites (tertiary alicyclic amines) is 1. The molecule has 24 heavy (non-hydrogen) atoms. The molecule has 134 valence electrons. The number of benzene rings is 1. The summed E-state index contributed by atoms with van der Waals surface area (Å²) >= 11 is 0. The Bertz CT molecular complexity index is 518. The summed E-state index contributed by atoms with van der Waals surface area (Å²) in [7, 11) is 1.82. The summed E-state index contributed by atoms with van der Waals surface area (Å²) in [6.07, 6.45) is 7.78. The highest BCUT2D eigenvalue weighted by Crippen LogP contribution is 2.30. The van der Waals surface area contributed by atoms with Crippen LogP contribution >= 0.6 is 0 Å². The smallest absolute Gasteiger partial charge is 0.0578 e. The van der Waals surface area contributed by atoms with Crippen molar-refractivity contribution >= 4 is 11.4 Å². The molecule has 0 bridgehead atoms. The molecule has 3 rings (SSSR count). The number of nitrogen functional groups attached to an aromatic ring is 1. The number of hydrogen-bond donors (Lipinski definition) is 2. The third-order valence-corrected chi connectivity index (χ3v) is 5.83. The van der Waals surface area contributed by atoms with Gasteiger partial charge in [-0.2, -0.15) is 0 Å². The maximum Gasteiger partial charge on any atom is 0.0578 e. The number of rotatable bonds is 5. The third-order valence-electron chi connectivity index (χ3n) is 5.83. The molecule has 4 nitrogen and oxygen atoms in total. The van der Waals surface area contributed by atoms with Crippen LogP contribution in [0, 0.1) is 12.8 Å². The molecule has 2 fully saturated rings. The van der Waals surface area contributed by atoms with Gasteiger partial charge in [0.1, 0.15) is 0 Å². The minimum Gasteiger partial charge on any atom is -0.397 e. The SMILES string of the molecule is COCC1CCC(N2CCC(Nc3cc(C)ccc3N)CC2)CC1. The normalized spacial score (nSPS) is 26.4. The van der Waals surface area contributed by atoms with Gasteiger partial charge in [-0.25, -0.2) is 0 Å². The van der Waals surface area contributed by atoms with Crippen molar-refractivity contribution in [1.29, 1.82) is 0 Å². The summed E-state index contributed by atoms with van der Waals surface area (Å²) in [5.41, 5.74) is 9.33. The number of nitrogens with two attached hydrogens (primary N) is 1. The Labute approximate surface area is 146 Å². The van der Waals surface area contributed by atoms with Crippen molar-refractivity contribution in [2.75, 3.05) is 37.9 Å². The zero-order valence-electron chi connectivity index (χ0n) is 15.3. The van der Waals surface area contributed by atoms with Crippen molar-refractivity contribution in [3.63, 3.8) is 0 Å². The van der Waals surface area contributed by atoms with Crippen LogP contribution in [0.4, 0.5) is 11.4 Å². The van der Waals surface area contributed by atoms with Crippen molar-refractivity contribution in [2.24, 2.45) is 5.92 Å². The van der Waals surface area contributed by atoms with Gasteiger partial charge in [0.05, 0.1) is 11.4 Å². The van der Waals surface area contributed by atoms with Gasteiger partial charge in [-0.3, -0.25) is 0 Å². The van der Waals surface area contributed by atoms with E-state index in [4.69, 9.17) is 10.5 Å². The van der Waals surface area contributed by atoms with E-state index in [0.29, 0.717) is 6.04 Å². The quantitative estimate of drug-likeness (QED) is 0.809. The minimum absolute atomic E-state index is 0.551. The second-order valence-corrected chi connectivity index (χ2v) is 7.68. The molecular formula is C20H33N3O. The number of piperidine rings is 1. The van der Waals surface area contributed by atoms with E-state index in [0.717, 1.165) is 29.9 Å². The Hall–Kier alpha value is -1.26. The molecule has 1 aliphatic heterocycles. The summed E-state index contributed by atoms with van der Waals surface area (Å²) in [4.78, 5) is 2.72. The first-order valence-corrected chi connectivity index (χ1v) is 9.51. The predicted molar refractivity (Wildman–Crippen MR) is 101 cm³/mol. The van der Waals surface area contributed by atoms with Crippen molar-refractivity contribution < 1.29 is 4.74 Å². The largest absolute Gasteiger partial charge is 0.397 e. The molecule has 1 aromatic carbocycles. The molecule has 0 radical (unpaired) electrons. The summed E-state index contributed by atoms with van der Waals surface area (Å²) < 4.78 is 5.32. The zero-order valence-corrected chi connectivity index (χ0v) is 15.3. The van der Waals surface area contributed by atoms with Crippen molar-refractivity contribution in [3.8, 4) is 0 Å². The molecule has 0 aromatic heterocycles. The van der Waals surface area contributed by atoms with Crippen LogP contribution in [0.25, 0.3) is 0 Å². The van der Waals surface area contributed by atoms with Gasteiger partial charge in [-0.1, -0.05) is 6.07 Å². The fourth-order valence-electron chi connectivity index (χ4n) is 4.34. The lowest BCUT2D eigenvalue weighted by Gasteiger charge is -2.41. The Balaban J connectivity index is 1.45. The first kappa shape index (κ1) is 17.6. The van der Waals surface area contributed by atoms with Gasteiger partial charge in [-0.15, -0.1) is 0 Å². The van der Waals surface area contributed by atoms with Crippen molar-refractivity contribution in [1.82, 2.24) is 4.90 Å². The van der Waals surface area contributed by atoms with E-state index < -0.39 is 0 Å². The van der Waals surface area contributed by atoms with Crippen LogP contribution in [-0.4, -0.2) is 43.8 Å². The van der Waals surface area contributed by atoms with E-state index >= 15 is 0 Å². The molecule has 1 saturated carbocycles. The van der Waals surface area contributed by atoms with Crippen LogP contribution in [0.5, 0.6) is 0 Å². The second kappa shape index (κ2) is 8.21. The highest BCUT2D eigenvalue weighted by Gasteiger charge is 2.29. The number of ether oxygens (including phenoxy) is 1. The Kier molecular flexibility index (Phi) is 6.01. The molecule has 1 heterocycles. The number of nitrogens with zero attached hydrogens (tertiary/aromatic N) is 1. The second-order valence-electron chi connectivity index (χ2n) is 7.68. The van der Waals surface area contributed by atoms with Gasteiger partial charge in [0.2, 0.25) is 0 Å². The van der Waals surface area contributed by atoms with Crippen LogP contribution in [0.15, 0.2) is 18.2 Å². The highest BCUT2D eigenvalue weighted by molar-refractivity contribution is 5.67. The molecule has 3 N–H and O–H groups in total. The minimum atomic E-state index is 0.551. The maximum absolute atomic E-state index is 6.11. The number of aryl methyl sites for hydroxylation is 1. The van der Waals surface area contributed by atoms with E-state index in [1.54, 1.807) is 0 Å². The van der Waals surface area contributed by atoms with Gasteiger partial charge in [0, 0.05) is 38.9 Å². The van der Waals surface area contributed by atoms with Gasteiger partial charge >= 0.3 is 0 Å². The first-order valence-electron chi connectivity index (χ1n) is 9.51. The average Bonchev–Trinajstić information content (AvgIpc) is 2.60. The summed E-state index contributed by atoms with van der Waals surface area (Å²) in [6.45, 7) is 5.48. The molecule has 4 heteroatoms. The van der Waals surface area contributed by atoms with Crippen molar-refractivity contribution in [3.05, 3.63) is 23.8 Å².